The fraction of sp³-hybridized carbons (Fsp3) is 0.250. The summed E-state index contributed by atoms with van der Waals surface area (Å²) in [5.41, 5.74) is 8.40. The van der Waals surface area contributed by atoms with Gasteiger partial charge in [0.05, 0.1) is 22.8 Å². The van der Waals surface area contributed by atoms with Gasteiger partial charge in [0.1, 0.15) is 4.90 Å². The number of aryl methyl sites for hydroxylation is 3. The van der Waals surface area contributed by atoms with E-state index in [0.29, 0.717) is 27.2 Å². The van der Waals surface area contributed by atoms with Crippen molar-refractivity contribution < 1.29 is 8.42 Å². The number of aromatic nitrogens is 2. The molecule has 0 fully saturated rings. The number of benzene rings is 1. The number of rotatable bonds is 3. The standard InChI is InChI=1S/C12H15BrN4O2S/c1-6-4-9(13)11(10(14)5-6)17-20(18,19)12-7(2)15-16-8(12)3/h4-5,17H,14H2,1-3H3,(H,15,16). The number of aromatic amines is 1. The van der Waals surface area contributed by atoms with Crippen LogP contribution >= 0.6 is 15.9 Å². The Morgan fingerprint density at radius 2 is 1.95 bits per heavy atom. The monoisotopic (exact) mass is 358 g/mol. The molecule has 0 saturated heterocycles. The Kier molecular flexibility index (Phi) is 3.79. The van der Waals surface area contributed by atoms with Crippen LogP contribution in [-0.4, -0.2) is 18.6 Å². The van der Waals surface area contributed by atoms with Crippen molar-refractivity contribution in [1.82, 2.24) is 10.2 Å². The van der Waals surface area contributed by atoms with Gasteiger partial charge in [-0.3, -0.25) is 9.82 Å². The first-order valence-corrected chi connectivity index (χ1v) is 8.10. The van der Waals surface area contributed by atoms with Gasteiger partial charge in [0.2, 0.25) is 0 Å². The lowest BCUT2D eigenvalue weighted by Crippen LogP contribution is -2.16. The molecule has 0 aliphatic carbocycles. The molecule has 1 heterocycles. The number of nitrogens with two attached hydrogens (primary N) is 1. The number of anilines is 2. The van der Waals surface area contributed by atoms with Crippen molar-refractivity contribution >= 4 is 37.3 Å². The summed E-state index contributed by atoms with van der Waals surface area (Å²) < 4.78 is 28.0. The summed E-state index contributed by atoms with van der Waals surface area (Å²) >= 11 is 3.32. The molecule has 1 aromatic heterocycles. The Labute approximate surface area is 125 Å². The number of hydrogen-bond acceptors (Lipinski definition) is 4. The lowest BCUT2D eigenvalue weighted by Gasteiger charge is -2.13. The number of nitrogen functional groups attached to an aromatic ring is 1. The summed E-state index contributed by atoms with van der Waals surface area (Å²) in [5.74, 6) is 0. The van der Waals surface area contributed by atoms with Crippen LogP contribution in [0.5, 0.6) is 0 Å². The molecule has 0 spiro atoms. The molecule has 0 aliphatic heterocycles. The third-order valence-electron chi connectivity index (χ3n) is 2.83. The molecule has 8 heteroatoms. The summed E-state index contributed by atoms with van der Waals surface area (Å²) in [7, 11) is -3.74. The van der Waals surface area contributed by atoms with Crippen molar-refractivity contribution in [1.29, 1.82) is 0 Å². The van der Waals surface area contributed by atoms with Gasteiger partial charge >= 0.3 is 0 Å². The quantitative estimate of drug-likeness (QED) is 0.733. The second kappa shape index (κ2) is 5.10. The Morgan fingerprint density at radius 1 is 1.30 bits per heavy atom. The molecule has 0 unspecified atom stereocenters. The van der Waals surface area contributed by atoms with E-state index in [1.807, 2.05) is 6.92 Å². The minimum atomic E-state index is -3.74. The average Bonchev–Trinajstić information content (AvgIpc) is 2.64. The zero-order valence-electron chi connectivity index (χ0n) is 11.3. The molecule has 0 aliphatic rings. The van der Waals surface area contributed by atoms with Crippen LogP contribution in [0.1, 0.15) is 17.0 Å². The van der Waals surface area contributed by atoms with Gasteiger partial charge in [0.25, 0.3) is 10.0 Å². The lowest BCUT2D eigenvalue weighted by atomic mass is 10.2. The number of halogens is 1. The minimum absolute atomic E-state index is 0.143. The van der Waals surface area contributed by atoms with Crippen molar-refractivity contribution in [3.05, 3.63) is 33.6 Å². The van der Waals surface area contributed by atoms with E-state index in [2.05, 4.69) is 30.8 Å². The zero-order valence-corrected chi connectivity index (χ0v) is 13.7. The van der Waals surface area contributed by atoms with Gasteiger partial charge in [0.15, 0.2) is 0 Å². The molecule has 6 nitrogen and oxygen atoms in total. The summed E-state index contributed by atoms with van der Waals surface area (Å²) in [5, 5.41) is 6.55. The van der Waals surface area contributed by atoms with Gasteiger partial charge in [-0.2, -0.15) is 5.10 Å². The summed E-state index contributed by atoms with van der Waals surface area (Å²) in [6.45, 7) is 5.16. The van der Waals surface area contributed by atoms with Crippen LogP contribution in [0.3, 0.4) is 0 Å². The molecular formula is C12H15BrN4O2S. The van der Waals surface area contributed by atoms with Gasteiger partial charge < -0.3 is 5.73 Å². The van der Waals surface area contributed by atoms with Gasteiger partial charge in [-0.15, -0.1) is 0 Å². The maximum atomic E-state index is 12.4. The first-order chi connectivity index (χ1) is 9.22. The third kappa shape index (κ3) is 2.66. The Hall–Kier alpha value is -1.54. The van der Waals surface area contributed by atoms with E-state index in [9.17, 15) is 8.42 Å². The maximum Gasteiger partial charge on any atom is 0.265 e. The minimum Gasteiger partial charge on any atom is -0.397 e. The molecule has 1 aromatic carbocycles. The second-order valence-electron chi connectivity index (χ2n) is 4.58. The first-order valence-electron chi connectivity index (χ1n) is 5.82. The Bertz CT molecular complexity index is 725. The van der Waals surface area contributed by atoms with E-state index in [1.165, 1.54) is 0 Å². The maximum absolute atomic E-state index is 12.4. The van der Waals surface area contributed by atoms with Crippen molar-refractivity contribution in [2.45, 2.75) is 25.7 Å². The van der Waals surface area contributed by atoms with Crippen LogP contribution in [0, 0.1) is 20.8 Å². The summed E-state index contributed by atoms with van der Waals surface area (Å²) in [4.78, 5) is 0.143. The smallest absolute Gasteiger partial charge is 0.265 e. The highest BCUT2D eigenvalue weighted by Crippen LogP contribution is 2.32. The van der Waals surface area contributed by atoms with E-state index in [-0.39, 0.29) is 4.90 Å². The van der Waals surface area contributed by atoms with Crippen molar-refractivity contribution in [3.63, 3.8) is 0 Å². The average molecular weight is 359 g/mol. The van der Waals surface area contributed by atoms with E-state index in [4.69, 9.17) is 5.73 Å². The van der Waals surface area contributed by atoms with Crippen LogP contribution < -0.4 is 10.5 Å². The predicted molar refractivity (Wildman–Crippen MR) is 82.2 cm³/mol. The number of sulfonamides is 1. The van der Waals surface area contributed by atoms with E-state index < -0.39 is 10.0 Å². The Morgan fingerprint density at radius 3 is 2.45 bits per heavy atom. The largest absolute Gasteiger partial charge is 0.397 e. The second-order valence-corrected chi connectivity index (χ2v) is 7.05. The molecular weight excluding hydrogens is 344 g/mol. The highest BCUT2D eigenvalue weighted by molar-refractivity contribution is 9.10. The highest BCUT2D eigenvalue weighted by atomic mass is 79.9. The molecule has 0 saturated carbocycles. The van der Waals surface area contributed by atoms with Crippen LogP contribution in [-0.2, 0) is 10.0 Å². The number of H-pyrrole nitrogens is 1. The van der Waals surface area contributed by atoms with E-state index in [0.717, 1.165) is 5.56 Å². The zero-order chi connectivity index (χ0) is 15.1. The van der Waals surface area contributed by atoms with Gasteiger partial charge in [-0.05, 0) is 54.4 Å². The summed E-state index contributed by atoms with van der Waals surface area (Å²) in [6.07, 6.45) is 0. The molecule has 108 valence electrons. The molecule has 4 N–H and O–H groups in total. The number of hydrogen-bond donors (Lipinski definition) is 3. The predicted octanol–water partition coefficient (Wildman–Crippen LogP) is 2.48. The van der Waals surface area contributed by atoms with Gasteiger partial charge in [0, 0.05) is 4.47 Å². The third-order valence-corrected chi connectivity index (χ3v) is 5.07. The van der Waals surface area contributed by atoms with Gasteiger partial charge in [-0.25, -0.2) is 8.42 Å². The number of nitrogens with one attached hydrogen (secondary N) is 2. The topological polar surface area (TPSA) is 101 Å². The fourth-order valence-electron chi connectivity index (χ4n) is 2.00. The van der Waals surface area contributed by atoms with Crippen LogP contribution in [0.2, 0.25) is 0 Å². The molecule has 0 radical (unpaired) electrons. The lowest BCUT2D eigenvalue weighted by molar-refractivity contribution is 0.600. The molecule has 0 bridgehead atoms. The molecule has 0 atom stereocenters. The van der Waals surface area contributed by atoms with Crippen LogP contribution in [0.25, 0.3) is 0 Å². The van der Waals surface area contributed by atoms with Crippen molar-refractivity contribution in [2.75, 3.05) is 10.5 Å². The van der Waals surface area contributed by atoms with E-state index >= 15 is 0 Å². The highest BCUT2D eigenvalue weighted by Gasteiger charge is 2.24. The van der Waals surface area contributed by atoms with Gasteiger partial charge in [-0.1, -0.05) is 0 Å². The number of nitrogens with zero attached hydrogens (tertiary/aromatic N) is 1. The first kappa shape index (κ1) is 14.9. The van der Waals surface area contributed by atoms with Crippen molar-refractivity contribution in [2.24, 2.45) is 0 Å². The SMILES string of the molecule is Cc1cc(N)c(NS(=O)(=O)c2c(C)n[nH]c2C)c(Br)c1. The normalized spacial score (nSPS) is 11.6. The van der Waals surface area contributed by atoms with E-state index in [1.54, 1.807) is 26.0 Å². The Balaban J connectivity index is 2.50. The molecule has 2 aromatic rings. The van der Waals surface area contributed by atoms with Crippen LogP contribution in [0.4, 0.5) is 11.4 Å². The molecule has 0 amide bonds. The van der Waals surface area contributed by atoms with Crippen LogP contribution in [0.15, 0.2) is 21.5 Å². The fourth-order valence-corrected chi connectivity index (χ4v) is 4.30. The summed E-state index contributed by atoms with van der Waals surface area (Å²) in [6, 6.07) is 3.50. The molecule has 2 rings (SSSR count). The van der Waals surface area contributed by atoms with Crippen molar-refractivity contribution in [3.8, 4) is 0 Å². The molecule has 20 heavy (non-hydrogen) atoms.